The average Bonchev–Trinajstić information content (AvgIpc) is 2.35. The average molecular weight is 242 g/mol. The van der Waals surface area contributed by atoms with Crippen LogP contribution in [0, 0.1) is 0 Å². The topological polar surface area (TPSA) is 68.2 Å². The molecule has 5 heteroatoms. The SMILES string of the molecule is COCOc1ccc([C@@H](O)[C@@H](C)O)cc1OC. The van der Waals surface area contributed by atoms with Crippen molar-refractivity contribution in [2.45, 2.75) is 19.1 Å². The molecule has 17 heavy (non-hydrogen) atoms. The van der Waals surface area contributed by atoms with Gasteiger partial charge in [0.15, 0.2) is 18.3 Å². The van der Waals surface area contributed by atoms with Gasteiger partial charge in [0, 0.05) is 7.11 Å². The summed E-state index contributed by atoms with van der Waals surface area (Å²) in [5, 5.41) is 19.0. The quantitative estimate of drug-likeness (QED) is 0.731. The molecule has 0 saturated heterocycles. The zero-order valence-corrected chi connectivity index (χ0v) is 10.2. The molecule has 0 saturated carbocycles. The van der Waals surface area contributed by atoms with Crippen molar-refractivity contribution in [1.82, 2.24) is 0 Å². The molecule has 0 radical (unpaired) electrons. The summed E-state index contributed by atoms with van der Waals surface area (Å²) < 4.78 is 15.2. The van der Waals surface area contributed by atoms with Gasteiger partial charge in [0.25, 0.3) is 0 Å². The van der Waals surface area contributed by atoms with Crippen molar-refractivity contribution in [2.24, 2.45) is 0 Å². The van der Waals surface area contributed by atoms with Crippen LogP contribution in [0.2, 0.25) is 0 Å². The van der Waals surface area contributed by atoms with Crippen molar-refractivity contribution in [1.29, 1.82) is 0 Å². The van der Waals surface area contributed by atoms with Crippen molar-refractivity contribution in [3.8, 4) is 11.5 Å². The predicted molar refractivity (Wildman–Crippen MR) is 62.1 cm³/mol. The van der Waals surface area contributed by atoms with Crippen molar-refractivity contribution in [2.75, 3.05) is 21.0 Å². The summed E-state index contributed by atoms with van der Waals surface area (Å²) in [5.41, 5.74) is 0.571. The van der Waals surface area contributed by atoms with E-state index in [1.165, 1.54) is 21.1 Å². The first kappa shape index (κ1) is 13.8. The Bertz CT molecular complexity index is 351. The van der Waals surface area contributed by atoms with E-state index in [-0.39, 0.29) is 6.79 Å². The van der Waals surface area contributed by atoms with Crippen LogP contribution in [0.3, 0.4) is 0 Å². The van der Waals surface area contributed by atoms with Crippen molar-refractivity contribution in [3.05, 3.63) is 23.8 Å². The van der Waals surface area contributed by atoms with E-state index in [1.807, 2.05) is 0 Å². The Kier molecular flexibility index (Phi) is 5.21. The molecule has 2 atom stereocenters. The smallest absolute Gasteiger partial charge is 0.188 e. The molecule has 1 aromatic carbocycles. The first-order valence-electron chi connectivity index (χ1n) is 5.26. The van der Waals surface area contributed by atoms with Gasteiger partial charge in [-0.1, -0.05) is 6.07 Å². The van der Waals surface area contributed by atoms with E-state index < -0.39 is 12.2 Å². The number of aliphatic hydroxyl groups is 2. The lowest BCUT2D eigenvalue weighted by molar-refractivity contribution is 0.0300. The van der Waals surface area contributed by atoms with Gasteiger partial charge in [-0.2, -0.15) is 0 Å². The van der Waals surface area contributed by atoms with Crippen LogP contribution >= 0.6 is 0 Å². The summed E-state index contributed by atoms with van der Waals surface area (Å²) in [6, 6.07) is 4.96. The normalized spacial score (nSPS) is 14.2. The van der Waals surface area contributed by atoms with Crippen LogP contribution < -0.4 is 9.47 Å². The Labute approximate surface area is 101 Å². The Balaban J connectivity index is 2.91. The molecule has 0 aromatic heterocycles. The highest BCUT2D eigenvalue weighted by molar-refractivity contribution is 5.43. The summed E-state index contributed by atoms with van der Waals surface area (Å²) in [7, 11) is 3.03. The summed E-state index contributed by atoms with van der Waals surface area (Å²) in [6.45, 7) is 1.64. The summed E-state index contributed by atoms with van der Waals surface area (Å²) in [5.74, 6) is 1.01. The van der Waals surface area contributed by atoms with E-state index in [1.54, 1.807) is 18.2 Å². The lowest BCUT2D eigenvalue weighted by Gasteiger charge is -2.16. The second kappa shape index (κ2) is 6.44. The number of rotatable bonds is 6. The lowest BCUT2D eigenvalue weighted by Crippen LogP contribution is -2.14. The molecule has 0 aliphatic carbocycles. The molecular weight excluding hydrogens is 224 g/mol. The van der Waals surface area contributed by atoms with E-state index in [9.17, 15) is 10.2 Å². The number of ether oxygens (including phenoxy) is 3. The highest BCUT2D eigenvalue weighted by Gasteiger charge is 2.16. The van der Waals surface area contributed by atoms with Gasteiger partial charge >= 0.3 is 0 Å². The Hall–Kier alpha value is -1.30. The maximum absolute atomic E-state index is 9.71. The molecule has 0 fully saturated rings. The minimum absolute atomic E-state index is 0.120. The van der Waals surface area contributed by atoms with E-state index in [0.29, 0.717) is 17.1 Å². The van der Waals surface area contributed by atoms with E-state index in [4.69, 9.17) is 14.2 Å². The van der Waals surface area contributed by atoms with Gasteiger partial charge in [-0.05, 0) is 24.6 Å². The molecule has 1 rings (SSSR count). The lowest BCUT2D eigenvalue weighted by atomic mass is 10.1. The second-order valence-corrected chi connectivity index (χ2v) is 3.65. The van der Waals surface area contributed by atoms with Crippen molar-refractivity contribution < 1.29 is 24.4 Å². The van der Waals surface area contributed by atoms with Gasteiger partial charge in [0.05, 0.1) is 13.2 Å². The molecular formula is C12H18O5. The fourth-order valence-electron chi connectivity index (χ4n) is 1.39. The van der Waals surface area contributed by atoms with Gasteiger partial charge in [0.2, 0.25) is 0 Å². The molecule has 0 aliphatic rings. The van der Waals surface area contributed by atoms with Crippen molar-refractivity contribution in [3.63, 3.8) is 0 Å². The first-order chi connectivity index (χ1) is 8.10. The zero-order chi connectivity index (χ0) is 12.8. The third kappa shape index (κ3) is 3.59. The van der Waals surface area contributed by atoms with Gasteiger partial charge in [-0.25, -0.2) is 0 Å². The van der Waals surface area contributed by atoms with Crippen LogP contribution in [0.25, 0.3) is 0 Å². The number of methoxy groups -OCH3 is 2. The predicted octanol–water partition coefficient (Wildman–Crippen LogP) is 1.09. The third-order valence-corrected chi connectivity index (χ3v) is 2.32. The maximum Gasteiger partial charge on any atom is 0.188 e. The number of benzene rings is 1. The minimum atomic E-state index is -0.944. The molecule has 0 unspecified atom stereocenters. The van der Waals surface area contributed by atoms with Gasteiger partial charge in [-0.15, -0.1) is 0 Å². The molecule has 0 heterocycles. The molecule has 5 nitrogen and oxygen atoms in total. The number of aliphatic hydroxyl groups excluding tert-OH is 2. The first-order valence-corrected chi connectivity index (χ1v) is 5.26. The largest absolute Gasteiger partial charge is 0.493 e. The summed E-state index contributed by atoms with van der Waals surface area (Å²) in [4.78, 5) is 0. The van der Waals surface area contributed by atoms with Crippen LogP contribution in [0.15, 0.2) is 18.2 Å². The Morgan fingerprint density at radius 3 is 2.41 bits per heavy atom. The number of hydrogen-bond acceptors (Lipinski definition) is 5. The molecule has 0 bridgehead atoms. The summed E-state index contributed by atoms with van der Waals surface area (Å²) in [6.07, 6.45) is -1.79. The Morgan fingerprint density at radius 1 is 1.18 bits per heavy atom. The van der Waals surface area contributed by atoms with Gasteiger partial charge in [0.1, 0.15) is 6.10 Å². The van der Waals surface area contributed by atoms with E-state index in [0.717, 1.165) is 0 Å². The molecule has 1 aromatic rings. The fraction of sp³-hybridized carbons (Fsp3) is 0.500. The van der Waals surface area contributed by atoms with E-state index >= 15 is 0 Å². The van der Waals surface area contributed by atoms with Crippen LogP contribution in [0.1, 0.15) is 18.6 Å². The molecule has 0 spiro atoms. The second-order valence-electron chi connectivity index (χ2n) is 3.65. The maximum atomic E-state index is 9.71. The van der Waals surface area contributed by atoms with Crippen LogP contribution in [0.5, 0.6) is 11.5 Å². The van der Waals surface area contributed by atoms with E-state index in [2.05, 4.69) is 0 Å². The molecule has 2 N–H and O–H groups in total. The molecule has 0 aliphatic heterocycles. The Morgan fingerprint density at radius 2 is 1.88 bits per heavy atom. The van der Waals surface area contributed by atoms with Crippen LogP contribution in [0.4, 0.5) is 0 Å². The van der Waals surface area contributed by atoms with Crippen molar-refractivity contribution >= 4 is 0 Å². The van der Waals surface area contributed by atoms with Gasteiger partial charge in [-0.3, -0.25) is 0 Å². The standard InChI is InChI=1S/C12H18O5/c1-8(13)12(14)9-4-5-10(17-7-15-2)11(6-9)16-3/h4-6,8,12-14H,7H2,1-3H3/t8-,12+/m1/s1. The van der Waals surface area contributed by atoms with Gasteiger partial charge < -0.3 is 24.4 Å². The fourth-order valence-corrected chi connectivity index (χ4v) is 1.39. The third-order valence-electron chi connectivity index (χ3n) is 2.32. The van der Waals surface area contributed by atoms with Crippen LogP contribution in [-0.4, -0.2) is 37.3 Å². The highest BCUT2D eigenvalue weighted by Crippen LogP contribution is 2.31. The number of hydrogen-bond donors (Lipinski definition) is 2. The highest BCUT2D eigenvalue weighted by atomic mass is 16.7. The minimum Gasteiger partial charge on any atom is -0.493 e. The summed E-state index contributed by atoms with van der Waals surface area (Å²) >= 11 is 0. The molecule has 96 valence electrons. The molecule has 0 amide bonds. The van der Waals surface area contributed by atoms with Crippen LogP contribution in [-0.2, 0) is 4.74 Å². The zero-order valence-electron chi connectivity index (χ0n) is 10.2. The monoisotopic (exact) mass is 242 g/mol.